The molecule has 180 valence electrons. The second kappa shape index (κ2) is 9.83. The highest BCUT2D eigenvalue weighted by atomic mass is 35.5. The Labute approximate surface area is 213 Å². The van der Waals surface area contributed by atoms with Gasteiger partial charge in [-0.3, -0.25) is 9.69 Å². The first-order chi connectivity index (χ1) is 17.0. The van der Waals surface area contributed by atoms with Crippen molar-refractivity contribution in [3.05, 3.63) is 75.4 Å². The monoisotopic (exact) mass is 510 g/mol. The van der Waals surface area contributed by atoms with Gasteiger partial charge in [0, 0.05) is 25.5 Å². The minimum absolute atomic E-state index is 0.0711. The first kappa shape index (κ1) is 23.6. The molecule has 2 aliphatic rings. The molecule has 35 heavy (non-hydrogen) atoms. The minimum atomic E-state index is -0.276. The first-order valence-electron chi connectivity index (χ1n) is 11.2. The summed E-state index contributed by atoms with van der Waals surface area (Å²) in [6.45, 7) is 1.92. The van der Waals surface area contributed by atoms with Gasteiger partial charge in [0.1, 0.15) is 11.4 Å². The third kappa shape index (κ3) is 4.58. The molecule has 10 heteroatoms. The number of anilines is 4. The van der Waals surface area contributed by atoms with Crippen LogP contribution in [0.1, 0.15) is 27.9 Å². The van der Waals surface area contributed by atoms with Crippen molar-refractivity contribution in [2.45, 2.75) is 13.0 Å². The molecular formula is C25H24Cl2N6O2. The molecule has 3 aromatic rings. The van der Waals surface area contributed by atoms with Crippen LogP contribution < -0.4 is 20.4 Å². The Kier molecular flexibility index (Phi) is 6.62. The number of fused-ring (bicyclic) bond motifs is 1. The van der Waals surface area contributed by atoms with Crippen molar-refractivity contribution in [2.75, 3.05) is 41.9 Å². The molecule has 0 fully saturated rings. The smallest absolute Gasteiger partial charge is 0.265 e. The zero-order chi connectivity index (χ0) is 24.5. The van der Waals surface area contributed by atoms with Gasteiger partial charge < -0.3 is 20.6 Å². The Hall–Kier alpha value is -3.17. The molecule has 3 heterocycles. The van der Waals surface area contributed by atoms with Gasteiger partial charge in [0.05, 0.1) is 29.0 Å². The molecule has 0 saturated carbocycles. The zero-order valence-electron chi connectivity index (χ0n) is 19.1. The number of rotatable bonds is 5. The Morgan fingerprint density at radius 3 is 2.69 bits per heavy atom. The highest BCUT2D eigenvalue weighted by molar-refractivity contribution is 6.40. The lowest BCUT2D eigenvalue weighted by molar-refractivity contribution is 0.0982. The number of nitrogens with one attached hydrogen (secondary N) is 2. The molecular weight excluding hydrogens is 487 g/mol. The lowest BCUT2D eigenvalue weighted by Crippen LogP contribution is -2.46. The number of aromatic nitrogens is 2. The number of carbonyl (C=O) groups is 1. The van der Waals surface area contributed by atoms with Gasteiger partial charge in [-0.2, -0.15) is 4.98 Å². The summed E-state index contributed by atoms with van der Waals surface area (Å²) in [5.41, 5.74) is 4.68. The molecule has 0 unspecified atom stereocenters. The molecule has 2 aromatic carbocycles. The van der Waals surface area contributed by atoms with E-state index in [2.05, 4.69) is 26.7 Å². The fourth-order valence-electron chi connectivity index (χ4n) is 4.39. The molecule has 0 radical (unpaired) electrons. The van der Waals surface area contributed by atoms with Crippen LogP contribution in [0.2, 0.25) is 10.0 Å². The van der Waals surface area contributed by atoms with Crippen LogP contribution in [0.5, 0.6) is 0 Å². The molecule has 1 amide bonds. The van der Waals surface area contributed by atoms with Crippen LogP contribution in [0, 0.1) is 0 Å². The Balaban J connectivity index is 1.41. The predicted octanol–water partition coefficient (Wildman–Crippen LogP) is 4.45. The number of hydrogen-bond acceptors (Lipinski definition) is 7. The lowest BCUT2D eigenvalue weighted by Gasteiger charge is -2.35. The Bertz CT molecular complexity index is 1310. The van der Waals surface area contributed by atoms with Crippen LogP contribution >= 0.6 is 23.2 Å². The van der Waals surface area contributed by atoms with Crippen molar-refractivity contribution in [3.63, 3.8) is 0 Å². The second-order valence-corrected chi connectivity index (χ2v) is 9.23. The molecule has 0 atom stereocenters. The van der Waals surface area contributed by atoms with Gasteiger partial charge in [0.2, 0.25) is 5.95 Å². The number of amides is 1. The van der Waals surface area contributed by atoms with E-state index in [1.165, 1.54) is 16.7 Å². The van der Waals surface area contributed by atoms with Gasteiger partial charge >= 0.3 is 0 Å². The van der Waals surface area contributed by atoms with E-state index in [1.54, 1.807) is 18.2 Å². The van der Waals surface area contributed by atoms with E-state index in [9.17, 15) is 9.90 Å². The van der Waals surface area contributed by atoms with Crippen molar-refractivity contribution >= 4 is 57.8 Å². The van der Waals surface area contributed by atoms with Gasteiger partial charge in [0.25, 0.3) is 5.91 Å². The standard InChI is InChI=1S/C25H24Cl2N6O2/c1-32-14-33(22-20(26)3-2-4-21(22)27)24(35)19-12-29-25(31-23(19)32)30-17-5-6-18(16(11-17)13-34)15-7-9-28-10-8-15/h2-7,11-12,28,34H,8-10,13-14H2,1H3,(H,29,30,31). The average Bonchev–Trinajstić information content (AvgIpc) is 2.87. The van der Waals surface area contributed by atoms with Crippen LogP contribution in [0.25, 0.3) is 5.57 Å². The third-order valence-electron chi connectivity index (χ3n) is 6.11. The van der Waals surface area contributed by atoms with Crippen molar-refractivity contribution in [1.29, 1.82) is 0 Å². The maximum atomic E-state index is 13.3. The van der Waals surface area contributed by atoms with Crippen LogP contribution in [0.4, 0.5) is 23.1 Å². The van der Waals surface area contributed by atoms with Gasteiger partial charge in [-0.15, -0.1) is 0 Å². The van der Waals surface area contributed by atoms with E-state index in [1.807, 2.05) is 30.1 Å². The SMILES string of the molecule is CN1CN(c2c(Cl)cccc2Cl)C(=O)c2cnc(Nc3ccc(C4=CCNCC4)c(CO)c3)nc21. The van der Waals surface area contributed by atoms with Crippen molar-refractivity contribution < 1.29 is 9.90 Å². The number of para-hydroxylation sites is 1. The predicted molar refractivity (Wildman–Crippen MR) is 140 cm³/mol. The van der Waals surface area contributed by atoms with Gasteiger partial charge in [-0.1, -0.05) is 41.4 Å². The largest absolute Gasteiger partial charge is 0.392 e. The van der Waals surface area contributed by atoms with Crippen molar-refractivity contribution in [2.24, 2.45) is 0 Å². The molecule has 0 spiro atoms. The fraction of sp³-hybridized carbons (Fsp3) is 0.240. The van der Waals surface area contributed by atoms with Crippen LogP contribution in [-0.2, 0) is 6.61 Å². The van der Waals surface area contributed by atoms with E-state index < -0.39 is 0 Å². The summed E-state index contributed by atoms with van der Waals surface area (Å²) in [4.78, 5) is 25.6. The van der Waals surface area contributed by atoms with Crippen LogP contribution in [0.15, 0.2) is 48.7 Å². The number of nitrogens with zero attached hydrogens (tertiary/aromatic N) is 4. The highest BCUT2D eigenvalue weighted by Gasteiger charge is 2.32. The summed E-state index contributed by atoms with van der Waals surface area (Å²) < 4.78 is 0. The number of aliphatic hydroxyl groups excluding tert-OH is 1. The van der Waals surface area contributed by atoms with Crippen LogP contribution in [-0.4, -0.2) is 47.8 Å². The normalized spacial score (nSPS) is 15.7. The summed E-state index contributed by atoms with van der Waals surface area (Å²) in [5.74, 6) is 0.581. The van der Waals surface area contributed by atoms with Crippen LogP contribution in [0.3, 0.4) is 0 Å². The number of aliphatic hydroxyl groups is 1. The second-order valence-electron chi connectivity index (χ2n) is 8.41. The summed E-state index contributed by atoms with van der Waals surface area (Å²) in [6, 6.07) is 11.0. The number of carbonyl (C=O) groups excluding carboxylic acids is 1. The molecule has 5 rings (SSSR count). The zero-order valence-corrected chi connectivity index (χ0v) is 20.6. The molecule has 3 N–H and O–H groups in total. The molecule has 1 aromatic heterocycles. The maximum Gasteiger partial charge on any atom is 0.265 e. The molecule has 0 aliphatic carbocycles. The minimum Gasteiger partial charge on any atom is -0.392 e. The quantitative estimate of drug-likeness (QED) is 0.466. The Morgan fingerprint density at radius 1 is 1.17 bits per heavy atom. The Morgan fingerprint density at radius 2 is 1.97 bits per heavy atom. The van der Waals surface area contributed by atoms with Gasteiger partial charge in [-0.25, -0.2) is 4.98 Å². The highest BCUT2D eigenvalue weighted by Crippen LogP contribution is 2.37. The molecule has 0 bridgehead atoms. The summed E-state index contributed by atoms with van der Waals surface area (Å²) in [7, 11) is 1.84. The van der Waals surface area contributed by atoms with E-state index in [0.29, 0.717) is 33.1 Å². The number of benzene rings is 2. The summed E-state index contributed by atoms with van der Waals surface area (Å²) >= 11 is 12.7. The van der Waals surface area contributed by atoms with Gasteiger partial charge in [0.15, 0.2) is 0 Å². The fourth-order valence-corrected chi connectivity index (χ4v) is 5.00. The average molecular weight is 511 g/mol. The van der Waals surface area contributed by atoms with Crippen molar-refractivity contribution in [3.8, 4) is 0 Å². The number of hydrogen-bond donors (Lipinski definition) is 3. The van der Waals surface area contributed by atoms with E-state index >= 15 is 0 Å². The van der Waals surface area contributed by atoms with E-state index in [0.717, 1.165) is 36.3 Å². The third-order valence-corrected chi connectivity index (χ3v) is 6.72. The number of halogens is 2. The summed E-state index contributed by atoms with van der Waals surface area (Å²) in [6.07, 6.45) is 4.58. The first-order valence-corrected chi connectivity index (χ1v) is 12.0. The molecule has 8 nitrogen and oxygen atoms in total. The molecule has 2 aliphatic heterocycles. The molecule has 0 saturated heterocycles. The maximum absolute atomic E-state index is 13.3. The summed E-state index contributed by atoms with van der Waals surface area (Å²) in [5, 5.41) is 17.2. The van der Waals surface area contributed by atoms with Gasteiger partial charge in [-0.05, 0) is 53.9 Å². The topological polar surface area (TPSA) is 93.6 Å². The van der Waals surface area contributed by atoms with Crippen molar-refractivity contribution in [1.82, 2.24) is 15.3 Å². The van der Waals surface area contributed by atoms with E-state index in [4.69, 9.17) is 23.2 Å². The van der Waals surface area contributed by atoms with E-state index in [-0.39, 0.29) is 19.2 Å². The lowest BCUT2D eigenvalue weighted by atomic mass is 9.95.